The van der Waals surface area contributed by atoms with Gasteiger partial charge in [0.1, 0.15) is 12.0 Å². The van der Waals surface area contributed by atoms with E-state index < -0.39 is 12.0 Å². The first-order chi connectivity index (χ1) is 13.6. The highest BCUT2D eigenvalue weighted by molar-refractivity contribution is 8.14. The molecule has 0 N–H and O–H groups in total. The third-order valence-electron chi connectivity index (χ3n) is 4.83. The molecule has 2 heterocycles. The average molecular weight is 425 g/mol. The van der Waals surface area contributed by atoms with Crippen LogP contribution in [0.25, 0.3) is 0 Å². The monoisotopic (exact) mass is 424 g/mol. The summed E-state index contributed by atoms with van der Waals surface area (Å²) in [6, 6.07) is 18.5. The molecule has 0 amide bonds. The standard InChI is InChI=1S/C21H14Cl2N4S/c22-13-1-5-15(6-2-13)27-18-9-10-20(28-16-7-3-14(23)4-8-16)26-21(18)17(11-24)19(27)12-25/h1-10,17-19,21H/t17-,18-,19-,21-/m0/s1. The van der Waals surface area contributed by atoms with Crippen molar-refractivity contribution in [3.63, 3.8) is 0 Å². The van der Waals surface area contributed by atoms with Crippen LogP contribution in [0.4, 0.5) is 5.69 Å². The molecule has 0 bridgehead atoms. The van der Waals surface area contributed by atoms with Crippen molar-refractivity contribution in [2.24, 2.45) is 10.9 Å². The fourth-order valence-electron chi connectivity index (χ4n) is 3.58. The van der Waals surface area contributed by atoms with E-state index in [4.69, 9.17) is 28.2 Å². The van der Waals surface area contributed by atoms with Crippen LogP contribution in [0.1, 0.15) is 0 Å². The number of hydrogen-bond acceptors (Lipinski definition) is 5. The number of rotatable bonds is 2. The molecule has 2 aliphatic rings. The normalized spacial score (nSPS) is 25.6. The van der Waals surface area contributed by atoms with Gasteiger partial charge in [0.2, 0.25) is 0 Å². The highest BCUT2D eigenvalue weighted by Crippen LogP contribution is 2.40. The third kappa shape index (κ3) is 3.50. The van der Waals surface area contributed by atoms with E-state index in [-0.39, 0.29) is 12.1 Å². The number of anilines is 1. The van der Waals surface area contributed by atoms with Crippen molar-refractivity contribution in [2.45, 2.75) is 23.0 Å². The van der Waals surface area contributed by atoms with Gasteiger partial charge in [0.05, 0.1) is 29.3 Å². The van der Waals surface area contributed by atoms with Gasteiger partial charge >= 0.3 is 0 Å². The highest BCUT2D eigenvalue weighted by atomic mass is 35.5. The molecule has 4 nitrogen and oxygen atoms in total. The second-order valence-corrected chi connectivity index (χ2v) is 8.44. The van der Waals surface area contributed by atoms with E-state index in [1.807, 2.05) is 53.5 Å². The Balaban J connectivity index is 1.65. The number of halogens is 2. The topological polar surface area (TPSA) is 63.2 Å². The molecule has 2 aliphatic heterocycles. The summed E-state index contributed by atoms with van der Waals surface area (Å²) in [6.45, 7) is 0. The lowest BCUT2D eigenvalue weighted by molar-refractivity contribution is 0.572. The maximum atomic E-state index is 9.77. The van der Waals surface area contributed by atoms with E-state index in [0.717, 1.165) is 15.6 Å². The number of dihydropyridines is 1. The lowest BCUT2D eigenvalue weighted by Gasteiger charge is -2.29. The Morgan fingerprint density at radius 3 is 2.18 bits per heavy atom. The van der Waals surface area contributed by atoms with E-state index in [2.05, 4.69) is 12.1 Å². The van der Waals surface area contributed by atoms with Crippen LogP contribution in [-0.2, 0) is 0 Å². The minimum absolute atomic E-state index is 0.148. The molecule has 0 radical (unpaired) electrons. The zero-order valence-corrected chi connectivity index (χ0v) is 16.9. The van der Waals surface area contributed by atoms with Crippen molar-refractivity contribution < 1.29 is 0 Å². The number of nitriles is 2. The molecule has 0 aromatic heterocycles. The predicted octanol–water partition coefficient (Wildman–Crippen LogP) is 5.34. The molecule has 0 spiro atoms. The maximum absolute atomic E-state index is 9.77. The predicted molar refractivity (Wildman–Crippen MR) is 114 cm³/mol. The molecular formula is C21H14Cl2N4S. The van der Waals surface area contributed by atoms with Crippen LogP contribution >= 0.6 is 35.0 Å². The van der Waals surface area contributed by atoms with Gasteiger partial charge in [-0.25, -0.2) is 0 Å². The Labute approximate surface area is 177 Å². The molecular weight excluding hydrogens is 411 g/mol. The number of hydrogen-bond donors (Lipinski definition) is 0. The smallest absolute Gasteiger partial charge is 0.135 e. The third-order valence-corrected chi connectivity index (χ3v) is 6.30. The Morgan fingerprint density at radius 2 is 1.57 bits per heavy atom. The Hall–Kier alpha value is -2.44. The molecule has 4 atom stereocenters. The molecule has 2 aromatic carbocycles. The molecule has 0 aliphatic carbocycles. The maximum Gasteiger partial charge on any atom is 0.135 e. The van der Waals surface area contributed by atoms with E-state index in [1.165, 1.54) is 11.8 Å². The van der Waals surface area contributed by atoms with E-state index in [9.17, 15) is 10.5 Å². The molecule has 1 saturated heterocycles. The van der Waals surface area contributed by atoms with Gasteiger partial charge in [-0.2, -0.15) is 10.5 Å². The Bertz CT molecular complexity index is 1020. The van der Waals surface area contributed by atoms with Gasteiger partial charge in [-0.15, -0.1) is 0 Å². The molecule has 0 unspecified atom stereocenters. The van der Waals surface area contributed by atoms with E-state index in [1.54, 1.807) is 12.1 Å². The number of nitrogens with zero attached hydrogens (tertiary/aromatic N) is 4. The molecule has 7 heteroatoms. The summed E-state index contributed by atoms with van der Waals surface area (Å²) in [5.41, 5.74) is 0.859. The molecule has 4 rings (SSSR count). The minimum atomic E-state index is -0.575. The summed E-state index contributed by atoms with van der Waals surface area (Å²) < 4.78 is 0. The van der Waals surface area contributed by atoms with Gasteiger partial charge in [-0.3, -0.25) is 4.99 Å². The van der Waals surface area contributed by atoms with Crippen molar-refractivity contribution in [3.8, 4) is 12.1 Å². The molecule has 0 saturated carbocycles. The van der Waals surface area contributed by atoms with E-state index in [0.29, 0.717) is 10.0 Å². The molecule has 2 aromatic rings. The van der Waals surface area contributed by atoms with Crippen LogP contribution in [0, 0.1) is 28.6 Å². The largest absolute Gasteiger partial charge is 0.346 e. The first kappa shape index (κ1) is 18.9. The van der Waals surface area contributed by atoms with Crippen molar-refractivity contribution in [2.75, 3.05) is 4.90 Å². The van der Waals surface area contributed by atoms with Gasteiger partial charge in [0.15, 0.2) is 0 Å². The van der Waals surface area contributed by atoms with Crippen molar-refractivity contribution in [1.82, 2.24) is 0 Å². The summed E-state index contributed by atoms with van der Waals surface area (Å²) in [6.07, 6.45) is 3.99. The average Bonchev–Trinajstić information content (AvgIpc) is 3.03. The summed E-state index contributed by atoms with van der Waals surface area (Å²) in [7, 11) is 0. The highest BCUT2D eigenvalue weighted by Gasteiger charge is 2.49. The van der Waals surface area contributed by atoms with Crippen molar-refractivity contribution in [1.29, 1.82) is 10.5 Å². The van der Waals surface area contributed by atoms with Crippen LogP contribution in [0.3, 0.4) is 0 Å². The Morgan fingerprint density at radius 1 is 0.929 bits per heavy atom. The van der Waals surface area contributed by atoms with Crippen LogP contribution < -0.4 is 4.90 Å². The van der Waals surface area contributed by atoms with E-state index >= 15 is 0 Å². The summed E-state index contributed by atoms with van der Waals surface area (Å²) in [5, 5.41) is 21.7. The fraction of sp³-hybridized carbons (Fsp3) is 0.190. The first-order valence-electron chi connectivity index (χ1n) is 8.63. The van der Waals surface area contributed by atoms with Crippen LogP contribution in [0.5, 0.6) is 0 Å². The van der Waals surface area contributed by atoms with Crippen molar-refractivity contribution in [3.05, 3.63) is 70.7 Å². The van der Waals surface area contributed by atoms with Gasteiger partial charge in [-0.05, 0) is 54.6 Å². The lowest BCUT2D eigenvalue weighted by Crippen LogP contribution is -2.38. The second-order valence-electron chi connectivity index (χ2n) is 6.48. The zero-order chi connectivity index (χ0) is 19.7. The minimum Gasteiger partial charge on any atom is -0.346 e. The van der Waals surface area contributed by atoms with Gasteiger partial charge in [-0.1, -0.05) is 41.0 Å². The zero-order valence-electron chi connectivity index (χ0n) is 14.5. The van der Waals surface area contributed by atoms with Gasteiger partial charge < -0.3 is 4.90 Å². The van der Waals surface area contributed by atoms with Crippen LogP contribution in [0.15, 0.2) is 70.6 Å². The quantitative estimate of drug-likeness (QED) is 0.651. The number of fused-ring (bicyclic) bond motifs is 1. The summed E-state index contributed by atoms with van der Waals surface area (Å²) in [5.74, 6) is -0.517. The van der Waals surface area contributed by atoms with Crippen LogP contribution in [-0.4, -0.2) is 23.2 Å². The number of thioether (sulfide) groups is 1. The Kier molecular flexibility index (Phi) is 5.33. The van der Waals surface area contributed by atoms with Gasteiger partial charge in [0.25, 0.3) is 0 Å². The fourth-order valence-corrected chi connectivity index (χ4v) is 4.66. The van der Waals surface area contributed by atoms with Gasteiger partial charge in [0, 0.05) is 20.6 Å². The SMILES string of the molecule is N#C[C@@H]1[C@@H]2N=C(Sc3ccc(Cl)cc3)C=C[C@@H]2N(c2ccc(Cl)cc2)[C@H]1C#N. The molecule has 1 fully saturated rings. The number of aliphatic imine (C=N–C) groups is 1. The van der Waals surface area contributed by atoms with Crippen molar-refractivity contribution >= 4 is 45.7 Å². The van der Waals surface area contributed by atoms with Crippen LogP contribution in [0.2, 0.25) is 10.0 Å². The lowest BCUT2D eigenvalue weighted by atomic mass is 9.95. The summed E-state index contributed by atoms with van der Waals surface area (Å²) >= 11 is 13.5. The second kappa shape index (κ2) is 7.89. The first-order valence-corrected chi connectivity index (χ1v) is 10.2. The number of benzene rings is 2. The summed E-state index contributed by atoms with van der Waals surface area (Å²) in [4.78, 5) is 7.81. The molecule has 28 heavy (non-hydrogen) atoms. The molecule has 138 valence electrons.